The second-order valence-corrected chi connectivity index (χ2v) is 6.11. The molecule has 26 heavy (non-hydrogen) atoms. The number of fused-ring (bicyclic) bond motifs is 6. The molecule has 0 amide bonds. The molecule has 0 N–H and O–H groups in total. The van der Waals surface area contributed by atoms with Crippen LogP contribution in [-0.2, 0) is 6.42 Å². The van der Waals surface area contributed by atoms with E-state index in [0.717, 1.165) is 16.9 Å². The summed E-state index contributed by atoms with van der Waals surface area (Å²) in [5.74, 6) is 1.43. The van der Waals surface area contributed by atoms with Gasteiger partial charge >= 0.3 is 0 Å². The van der Waals surface area contributed by atoms with Gasteiger partial charge in [-0.3, -0.25) is 9.20 Å². The molecule has 0 aliphatic heterocycles. The van der Waals surface area contributed by atoms with E-state index in [2.05, 4.69) is 4.98 Å². The SMILES string of the molecule is CCc1nc2oc3cc(OC)ccc3c(=O)c2c2nc3ccccc3n12. The zero-order chi connectivity index (χ0) is 17.8. The third-order valence-corrected chi connectivity index (χ3v) is 4.67. The topological polar surface area (TPSA) is 69.6 Å². The van der Waals surface area contributed by atoms with Gasteiger partial charge in [0.2, 0.25) is 11.1 Å². The van der Waals surface area contributed by atoms with Crippen molar-refractivity contribution in [3.63, 3.8) is 0 Å². The van der Waals surface area contributed by atoms with E-state index in [1.54, 1.807) is 25.3 Å². The van der Waals surface area contributed by atoms with Crippen LogP contribution in [0, 0.1) is 0 Å². The number of para-hydroxylation sites is 2. The molecule has 0 atom stereocenters. The highest BCUT2D eigenvalue weighted by molar-refractivity contribution is 5.99. The summed E-state index contributed by atoms with van der Waals surface area (Å²) in [6, 6.07) is 13.0. The molecule has 0 aliphatic carbocycles. The van der Waals surface area contributed by atoms with Gasteiger partial charge in [-0.1, -0.05) is 19.1 Å². The second kappa shape index (κ2) is 5.29. The van der Waals surface area contributed by atoms with Gasteiger partial charge in [-0.15, -0.1) is 0 Å². The summed E-state index contributed by atoms with van der Waals surface area (Å²) >= 11 is 0. The summed E-state index contributed by atoms with van der Waals surface area (Å²) in [4.78, 5) is 22.5. The Labute approximate surface area is 147 Å². The van der Waals surface area contributed by atoms with Crippen molar-refractivity contribution in [2.75, 3.05) is 7.11 Å². The molecule has 0 aliphatic rings. The van der Waals surface area contributed by atoms with Gasteiger partial charge in [0.25, 0.3) is 0 Å². The van der Waals surface area contributed by atoms with Gasteiger partial charge in [-0.05, 0) is 24.3 Å². The molecule has 0 radical (unpaired) electrons. The molecule has 5 aromatic rings. The van der Waals surface area contributed by atoms with Crippen LogP contribution < -0.4 is 10.2 Å². The largest absolute Gasteiger partial charge is 0.497 e. The van der Waals surface area contributed by atoms with E-state index in [1.165, 1.54) is 0 Å². The molecule has 5 rings (SSSR count). The third kappa shape index (κ3) is 1.89. The lowest BCUT2D eigenvalue weighted by Crippen LogP contribution is -2.09. The van der Waals surface area contributed by atoms with E-state index in [9.17, 15) is 4.79 Å². The molecular formula is C20H15N3O3. The summed E-state index contributed by atoms with van der Waals surface area (Å²) < 4.78 is 13.2. The average Bonchev–Trinajstić information content (AvgIpc) is 3.06. The molecule has 0 spiro atoms. The zero-order valence-corrected chi connectivity index (χ0v) is 14.3. The fourth-order valence-electron chi connectivity index (χ4n) is 3.42. The Morgan fingerprint density at radius 2 is 2.00 bits per heavy atom. The molecule has 0 bridgehead atoms. The van der Waals surface area contributed by atoms with E-state index in [1.807, 2.05) is 35.6 Å². The predicted octanol–water partition coefficient (Wildman–Crippen LogP) is 3.71. The first kappa shape index (κ1) is 14.9. The minimum Gasteiger partial charge on any atom is -0.497 e. The van der Waals surface area contributed by atoms with Crippen LogP contribution in [0.5, 0.6) is 5.75 Å². The van der Waals surface area contributed by atoms with Crippen molar-refractivity contribution >= 4 is 38.7 Å². The van der Waals surface area contributed by atoms with Crippen molar-refractivity contribution < 1.29 is 9.15 Å². The van der Waals surface area contributed by atoms with Crippen LogP contribution in [0.2, 0.25) is 0 Å². The molecule has 128 valence electrons. The van der Waals surface area contributed by atoms with Gasteiger partial charge in [0.1, 0.15) is 22.5 Å². The number of aryl methyl sites for hydroxylation is 1. The minimum absolute atomic E-state index is 0.139. The lowest BCUT2D eigenvalue weighted by molar-refractivity contribution is 0.414. The number of nitrogens with zero attached hydrogens (tertiary/aromatic N) is 3. The Hall–Kier alpha value is -3.41. The summed E-state index contributed by atoms with van der Waals surface area (Å²) in [5, 5.41) is 0.884. The highest BCUT2D eigenvalue weighted by Crippen LogP contribution is 2.27. The van der Waals surface area contributed by atoms with Crippen LogP contribution in [-0.4, -0.2) is 21.5 Å². The zero-order valence-electron chi connectivity index (χ0n) is 14.3. The van der Waals surface area contributed by atoms with Gasteiger partial charge in [0.15, 0.2) is 5.65 Å². The highest BCUT2D eigenvalue weighted by Gasteiger charge is 2.18. The van der Waals surface area contributed by atoms with Crippen molar-refractivity contribution in [3.05, 3.63) is 58.5 Å². The van der Waals surface area contributed by atoms with E-state index in [0.29, 0.717) is 39.9 Å². The smallest absolute Gasteiger partial charge is 0.236 e. The first-order valence-corrected chi connectivity index (χ1v) is 8.42. The Kier molecular flexibility index (Phi) is 3.03. The Balaban J connectivity index is 2.05. The summed E-state index contributed by atoms with van der Waals surface area (Å²) in [7, 11) is 1.58. The number of benzene rings is 2. The van der Waals surface area contributed by atoms with Gasteiger partial charge in [-0.2, -0.15) is 4.98 Å². The molecule has 6 heteroatoms. The molecule has 0 saturated heterocycles. The Bertz CT molecular complexity index is 1380. The van der Waals surface area contributed by atoms with Crippen LogP contribution >= 0.6 is 0 Å². The molecule has 6 nitrogen and oxygen atoms in total. The van der Waals surface area contributed by atoms with Gasteiger partial charge in [0.05, 0.1) is 23.5 Å². The van der Waals surface area contributed by atoms with Crippen molar-refractivity contribution in [2.45, 2.75) is 13.3 Å². The van der Waals surface area contributed by atoms with Crippen LogP contribution in [0.3, 0.4) is 0 Å². The summed E-state index contributed by atoms with van der Waals surface area (Å²) in [6.45, 7) is 2.02. The number of hydrogen-bond donors (Lipinski definition) is 0. The molecule has 0 fully saturated rings. The van der Waals surface area contributed by atoms with E-state index in [4.69, 9.17) is 14.1 Å². The minimum atomic E-state index is -0.139. The molecule has 3 heterocycles. The van der Waals surface area contributed by atoms with Crippen LogP contribution in [0.1, 0.15) is 12.7 Å². The first-order valence-electron chi connectivity index (χ1n) is 8.42. The maximum Gasteiger partial charge on any atom is 0.236 e. The fraction of sp³-hybridized carbons (Fsp3) is 0.150. The van der Waals surface area contributed by atoms with E-state index in [-0.39, 0.29) is 5.43 Å². The standard InChI is InChI=1S/C20H15N3O3/c1-3-16-22-20-17(19-21-13-6-4-5-7-14(13)23(16)19)18(24)12-9-8-11(25-2)10-15(12)26-20/h4-10H,3H2,1-2H3. The van der Waals surface area contributed by atoms with Gasteiger partial charge < -0.3 is 9.15 Å². The molecule has 2 aromatic carbocycles. The molecule has 0 saturated carbocycles. The first-order chi connectivity index (χ1) is 12.7. The summed E-state index contributed by atoms with van der Waals surface area (Å²) in [5.41, 5.74) is 2.96. The highest BCUT2D eigenvalue weighted by atomic mass is 16.5. The number of imidazole rings is 1. The van der Waals surface area contributed by atoms with Crippen LogP contribution in [0.15, 0.2) is 51.7 Å². The Morgan fingerprint density at radius 1 is 1.15 bits per heavy atom. The van der Waals surface area contributed by atoms with Crippen molar-refractivity contribution in [3.8, 4) is 5.75 Å². The fourth-order valence-corrected chi connectivity index (χ4v) is 3.42. The second-order valence-electron chi connectivity index (χ2n) is 6.11. The predicted molar refractivity (Wildman–Crippen MR) is 100.0 cm³/mol. The summed E-state index contributed by atoms with van der Waals surface area (Å²) in [6.07, 6.45) is 0.687. The van der Waals surface area contributed by atoms with Crippen molar-refractivity contribution in [1.82, 2.24) is 14.4 Å². The number of hydrogen-bond acceptors (Lipinski definition) is 5. The van der Waals surface area contributed by atoms with Gasteiger partial charge in [0, 0.05) is 12.5 Å². The number of aromatic nitrogens is 3. The third-order valence-electron chi connectivity index (χ3n) is 4.67. The van der Waals surface area contributed by atoms with Crippen LogP contribution in [0.25, 0.3) is 38.7 Å². The molecule has 0 unspecified atom stereocenters. The lowest BCUT2D eigenvalue weighted by atomic mass is 10.2. The maximum atomic E-state index is 13.2. The monoisotopic (exact) mass is 345 g/mol. The number of methoxy groups -OCH3 is 1. The van der Waals surface area contributed by atoms with E-state index >= 15 is 0 Å². The molecular weight excluding hydrogens is 330 g/mol. The molecule has 3 aromatic heterocycles. The quantitative estimate of drug-likeness (QED) is 0.456. The van der Waals surface area contributed by atoms with Crippen LogP contribution in [0.4, 0.5) is 0 Å². The number of rotatable bonds is 2. The van der Waals surface area contributed by atoms with Gasteiger partial charge in [-0.25, -0.2) is 4.98 Å². The lowest BCUT2D eigenvalue weighted by Gasteiger charge is -2.07. The van der Waals surface area contributed by atoms with Crippen molar-refractivity contribution in [2.24, 2.45) is 0 Å². The average molecular weight is 345 g/mol. The maximum absolute atomic E-state index is 13.2. The Morgan fingerprint density at radius 3 is 2.81 bits per heavy atom. The normalized spacial score (nSPS) is 11.8. The van der Waals surface area contributed by atoms with Crippen molar-refractivity contribution in [1.29, 1.82) is 0 Å². The number of ether oxygens (including phenoxy) is 1. The van der Waals surface area contributed by atoms with E-state index < -0.39 is 0 Å².